The van der Waals surface area contributed by atoms with Crippen LogP contribution in [0.4, 0.5) is 10.1 Å². The third kappa shape index (κ3) is 6.89. The predicted octanol–water partition coefficient (Wildman–Crippen LogP) is 3.26. The lowest BCUT2D eigenvalue weighted by atomic mass is 10.1. The van der Waals surface area contributed by atoms with Crippen molar-refractivity contribution < 1.29 is 22.4 Å². The number of likely N-dealkylation sites (N-methyl/N-ethyl adjacent to an activating group) is 2. The zero-order chi connectivity index (χ0) is 25.9. The molecule has 1 fully saturated rings. The molecule has 1 aliphatic heterocycles. The average Bonchev–Trinajstić information content (AvgIpc) is 3.37. The van der Waals surface area contributed by atoms with Gasteiger partial charge in [0.1, 0.15) is 11.9 Å². The first kappa shape index (κ1) is 27.3. The maximum absolute atomic E-state index is 14.9. The lowest BCUT2D eigenvalue weighted by Crippen LogP contribution is -2.41. The number of nitrogens with one attached hydrogen (secondary N) is 1. The minimum Gasteiger partial charge on any atom is -0.340 e. The Morgan fingerprint density at radius 2 is 1.97 bits per heavy atom. The van der Waals surface area contributed by atoms with E-state index in [1.54, 1.807) is 26.1 Å². The molecule has 8 nitrogen and oxygen atoms in total. The van der Waals surface area contributed by atoms with Crippen LogP contribution in [0.5, 0.6) is 0 Å². The summed E-state index contributed by atoms with van der Waals surface area (Å²) in [6.45, 7) is 2.93. The third-order valence-electron chi connectivity index (χ3n) is 5.52. The molecule has 2 aromatic rings. The Morgan fingerprint density at radius 1 is 1.26 bits per heavy atom. The molecule has 0 spiro atoms. The summed E-state index contributed by atoms with van der Waals surface area (Å²) in [5, 5.41) is 1.05. The standard InChI is InChI=1S/C23H28ClFN4O4S2/c1-15(20-7-8-21(24)34-20)14-35(32,33)26-18-9-10-29(23(18)31)19-6-5-16(13-17(19)25)22(30)28(4)12-11-27(2)3/h5-8,13-14,18,26H,9-12H2,1-4H3/b15-14+/t18-/m0/s1. The van der Waals surface area contributed by atoms with Crippen molar-refractivity contribution in [2.75, 3.05) is 45.7 Å². The van der Waals surface area contributed by atoms with E-state index in [1.165, 1.54) is 33.3 Å². The summed E-state index contributed by atoms with van der Waals surface area (Å²) in [6, 6.07) is 6.32. The number of allylic oxidation sites excluding steroid dienone is 1. The highest BCUT2D eigenvalue weighted by Crippen LogP contribution is 2.29. The molecule has 3 rings (SSSR count). The molecule has 190 valence electrons. The van der Waals surface area contributed by atoms with Gasteiger partial charge in [-0.2, -0.15) is 4.72 Å². The Kier molecular flexibility index (Phi) is 8.71. The molecule has 1 saturated heterocycles. The van der Waals surface area contributed by atoms with E-state index in [0.717, 1.165) is 11.5 Å². The number of hydrogen-bond donors (Lipinski definition) is 1. The lowest BCUT2D eigenvalue weighted by Gasteiger charge is -2.21. The molecular formula is C23H28ClFN4O4S2. The summed E-state index contributed by atoms with van der Waals surface area (Å²) >= 11 is 7.16. The number of rotatable bonds is 9. The molecular weight excluding hydrogens is 515 g/mol. The van der Waals surface area contributed by atoms with Crippen LogP contribution in [-0.2, 0) is 14.8 Å². The van der Waals surface area contributed by atoms with Crippen LogP contribution in [0.1, 0.15) is 28.6 Å². The first-order chi connectivity index (χ1) is 16.4. The van der Waals surface area contributed by atoms with E-state index in [-0.39, 0.29) is 30.1 Å². The maximum Gasteiger partial charge on any atom is 0.253 e. The van der Waals surface area contributed by atoms with Crippen molar-refractivity contribution in [1.29, 1.82) is 0 Å². The number of halogens is 2. The van der Waals surface area contributed by atoms with Crippen LogP contribution in [-0.4, -0.2) is 76.9 Å². The number of hydrogen-bond acceptors (Lipinski definition) is 6. The van der Waals surface area contributed by atoms with Crippen LogP contribution in [0.15, 0.2) is 35.7 Å². The van der Waals surface area contributed by atoms with Crippen molar-refractivity contribution in [3.05, 3.63) is 56.3 Å². The summed E-state index contributed by atoms with van der Waals surface area (Å²) < 4.78 is 43.0. The summed E-state index contributed by atoms with van der Waals surface area (Å²) in [6.07, 6.45) is 0.184. The van der Waals surface area contributed by atoms with Gasteiger partial charge in [-0.15, -0.1) is 11.3 Å². The number of amides is 2. The second-order valence-corrected chi connectivity index (χ2v) is 11.9. The zero-order valence-corrected chi connectivity index (χ0v) is 22.3. The summed E-state index contributed by atoms with van der Waals surface area (Å²) in [4.78, 5) is 30.8. The van der Waals surface area contributed by atoms with E-state index in [9.17, 15) is 22.4 Å². The third-order valence-corrected chi connectivity index (χ3v) is 8.16. The normalized spacial score (nSPS) is 16.9. The van der Waals surface area contributed by atoms with Crippen LogP contribution < -0.4 is 9.62 Å². The smallest absolute Gasteiger partial charge is 0.253 e. The monoisotopic (exact) mass is 542 g/mol. The van der Waals surface area contributed by atoms with Gasteiger partial charge in [0, 0.05) is 37.1 Å². The molecule has 12 heteroatoms. The molecule has 1 N–H and O–H groups in total. The number of nitrogens with zero attached hydrogens (tertiary/aromatic N) is 3. The lowest BCUT2D eigenvalue weighted by molar-refractivity contribution is -0.118. The summed E-state index contributed by atoms with van der Waals surface area (Å²) in [5.74, 6) is -1.61. The topological polar surface area (TPSA) is 90.0 Å². The quantitative estimate of drug-likeness (QED) is 0.525. The van der Waals surface area contributed by atoms with Crippen molar-refractivity contribution in [3.8, 4) is 0 Å². The van der Waals surface area contributed by atoms with Gasteiger partial charge in [0.15, 0.2) is 0 Å². The minimum absolute atomic E-state index is 0.00384. The summed E-state index contributed by atoms with van der Waals surface area (Å²) in [5.41, 5.74) is 0.661. The number of anilines is 1. The van der Waals surface area contributed by atoms with Crippen molar-refractivity contribution in [2.45, 2.75) is 19.4 Å². The number of carbonyl (C=O) groups is 2. The number of carbonyl (C=O) groups excluding carboxylic acids is 2. The zero-order valence-electron chi connectivity index (χ0n) is 19.9. The van der Waals surface area contributed by atoms with Gasteiger partial charge in [-0.1, -0.05) is 11.6 Å². The van der Waals surface area contributed by atoms with E-state index < -0.39 is 27.8 Å². The number of thiophene rings is 1. The highest BCUT2D eigenvalue weighted by Gasteiger charge is 2.36. The Labute approximate surface area is 214 Å². The Balaban J connectivity index is 1.69. The predicted molar refractivity (Wildman–Crippen MR) is 138 cm³/mol. The van der Waals surface area contributed by atoms with Crippen LogP contribution in [0.2, 0.25) is 4.34 Å². The van der Waals surface area contributed by atoms with Gasteiger partial charge < -0.3 is 14.7 Å². The molecule has 1 aliphatic rings. The second-order valence-electron chi connectivity index (χ2n) is 8.59. The van der Waals surface area contributed by atoms with Gasteiger partial charge in [-0.3, -0.25) is 9.59 Å². The highest BCUT2D eigenvalue weighted by atomic mass is 35.5. The van der Waals surface area contributed by atoms with Gasteiger partial charge in [-0.25, -0.2) is 12.8 Å². The molecule has 1 aromatic heterocycles. The van der Waals surface area contributed by atoms with Gasteiger partial charge >= 0.3 is 0 Å². The van der Waals surface area contributed by atoms with Gasteiger partial charge in [0.2, 0.25) is 15.9 Å². The molecule has 2 heterocycles. The van der Waals surface area contributed by atoms with Crippen molar-refractivity contribution in [1.82, 2.24) is 14.5 Å². The fourth-order valence-corrected chi connectivity index (χ4v) is 5.97. The number of sulfonamides is 1. The van der Waals surface area contributed by atoms with Gasteiger partial charge in [0.05, 0.1) is 15.4 Å². The Hall–Kier alpha value is -2.31. The van der Waals surface area contributed by atoms with Gasteiger partial charge in [0.25, 0.3) is 5.91 Å². The highest BCUT2D eigenvalue weighted by molar-refractivity contribution is 7.92. The molecule has 1 atom stereocenters. The molecule has 0 bridgehead atoms. The molecule has 2 amide bonds. The average molecular weight is 543 g/mol. The largest absolute Gasteiger partial charge is 0.340 e. The molecule has 0 radical (unpaired) electrons. The molecule has 0 aliphatic carbocycles. The van der Waals surface area contributed by atoms with Crippen LogP contribution in [0.25, 0.3) is 5.57 Å². The SMILES string of the molecule is C/C(=C\S(=O)(=O)N[C@H]1CCN(c2ccc(C(=O)N(C)CCN(C)C)cc2F)C1=O)c1ccc(Cl)s1. The van der Waals surface area contributed by atoms with Crippen LogP contribution in [0.3, 0.4) is 0 Å². The minimum atomic E-state index is -3.93. The number of benzene rings is 1. The Bertz CT molecular complexity index is 1250. The van der Waals surface area contributed by atoms with E-state index in [2.05, 4.69) is 4.72 Å². The van der Waals surface area contributed by atoms with E-state index >= 15 is 0 Å². The van der Waals surface area contributed by atoms with Crippen molar-refractivity contribution in [3.63, 3.8) is 0 Å². The first-order valence-corrected chi connectivity index (χ1v) is 13.6. The van der Waals surface area contributed by atoms with Crippen LogP contribution >= 0.6 is 22.9 Å². The molecule has 1 aromatic carbocycles. The van der Waals surface area contributed by atoms with E-state index in [1.807, 2.05) is 19.0 Å². The van der Waals surface area contributed by atoms with Crippen LogP contribution in [0, 0.1) is 5.82 Å². The van der Waals surface area contributed by atoms with Crippen molar-refractivity contribution >= 4 is 56.0 Å². The Morgan fingerprint density at radius 3 is 2.57 bits per heavy atom. The molecule has 0 saturated carbocycles. The van der Waals surface area contributed by atoms with E-state index in [4.69, 9.17) is 11.6 Å². The molecule has 35 heavy (non-hydrogen) atoms. The second kappa shape index (κ2) is 11.2. The molecule has 0 unspecified atom stereocenters. The fraction of sp³-hybridized carbons (Fsp3) is 0.391. The summed E-state index contributed by atoms with van der Waals surface area (Å²) in [7, 11) is 1.49. The maximum atomic E-state index is 14.9. The van der Waals surface area contributed by atoms with Gasteiger partial charge in [-0.05, 0) is 63.3 Å². The van der Waals surface area contributed by atoms with Crippen molar-refractivity contribution in [2.24, 2.45) is 0 Å². The van der Waals surface area contributed by atoms with E-state index in [0.29, 0.717) is 27.9 Å². The fourth-order valence-electron chi connectivity index (χ4n) is 3.61. The first-order valence-electron chi connectivity index (χ1n) is 10.9.